The number of aromatic carboxylic acids is 1. The van der Waals surface area contributed by atoms with Crippen molar-refractivity contribution in [1.29, 1.82) is 0 Å². The standard InChI is InChI=1S/C10H14N2O3/c13-9(14)8-6-11-10(15)12(8)7-4-2-1-3-5-7/h6-7H,1-5H2,(H,11,15)(H,13,14). The third-order valence-electron chi connectivity index (χ3n) is 2.97. The summed E-state index contributed by atoms with van der Waals surface area (Å²) in [6, 6.07) is 0.0589. The number of nitrogens with one attached hydrogen (secondary N) is 1. The number of aromatic amines is 1. The summed E-state index contributed by atoms with van der Waals surface area (Å²) in [5.74, 6) is -1.04. The normalized spacial score (nSPS) is 17.9. The number of carboxylic acid groups (broad SMARTS) is 1. The maximum absolute atomic E-state index is 11.5. The van der Waals surface area contributed by atoms with Gasteiger partial charge < -0.3 is 10.1 Å². The molecule has 5 nitrogen and oxygen atoms in total. The highest BCUT2D eigenvalue weighted by Crippen LogP contribution is 2.27. The molecule has 0 atom stereocenters. The largest absolute Gasteiger partial charge is 0.477 e. The van der Waals surface area contributed by atoms with Gasteiger partial charge in [-0.3, -0.25) is 4.57 Å². The highest BCUT2D eigenvalue weighted by atomic mass is 16.4. The lowest BCUT2D eigenvalue weighted by Crippen LogP contribution is -2.27. The number of hydrogen-bond acceptors (Lipinski definition) is 2. The topological polar surface area (TPSA) is 75.1 Å². The van der Waals surface area contributed by atoms with Crippen LogP contribution in [-0.2, 0) is 0 Å². The molecule has 0 bridgehead atoms. The third-order valence-corrected chi connectivity index (χ3v) is 2.97. The Hall–Kier alpha value is -1.52. The van der Waals surface area contributed by atoms with E-state index in [2.05, 4.69) is 4.98 Å². The van der Waals surface area contributed by atoms with Gasteiger partial charge in [0.15, 0.2) is 0 Å². The van der Waals surface area contributed by atoms with Crippen molar-refractivity contribution >= 4 is 5.97 Å². The third kappa shape index (κ3) is 1.82. The minimum atomic E-state index is -1.04. The summed E-state index contributed by atoms with van der Waals surface area (Å²) in [6.45, 7) is 0. The van der Waals surface area contributed by atoms with Crippen LogP contribution in [0.5, 0.6) is 0 Å². The lowest BCUT2D eigenvalue weighted by atomic mass is 9.95. The van der Waals surface area contributed by atoms with Crippen molar-refractivity contribution in [1.82, 2.24) is 9.55 Å². The Bertz CT molecular complexity index is 413. The van der Waals surface area contributed by atoms with Crippen molar-refractivity contribution < 1.29 is 9.90 Å². The quantitative estimate of drug-likeness (QED) is 0.774. The molecule has 0 unspecified atom stereocenters. The number of nitrogens with zero attached hydrogens (tertiary/aromatic N) is 1. The number of carboxylic acids is 1. The zero-order chi connectivity index (χ0) is 10.8. The first-order valence-corrected chi connectivity index (χ1v) is 5.23. The van der Waals surface area contributed by atoms with Crippen molar-refractivity contribution in [2.75, 3.05) is 0 Å². The molecule has 1 aliphatic carbocycles. The first-order valence-electron chi connectivity index (χ1n) is 5.23. The molecule has 0 amide bonds. The number of rotatable bonds is 2. The van der Waals surface area contributed by atoms with Crippen molar-refractivity contribution in [2.45, 2.75) is 38.1 Å². The molecule has 0 spiro atoms. The van der Waals surface area contributed by atoms with Gasteiger partial charge in [0.1, 0.15) is 5.69 Å². The Morgan fingerprint density at radius 2 is 2.07 bits per heavy atom. The molecule has 1 fully saturated rings. The highest BCUT2D eigenvalue weighted by Gasteiger charge is 2.22. The van der Waals surface area contributed by atoms with E-state index in [4.69, 9.17) is 5.11 Å². The molecule has 82 valence electrons. The summed E-state index contributed by atoms with van der Waals surface area (Å²) in [4.78, 5) is 24.8. The van der Waals surface area contributed by atoms with E-state index < -0.39 is 5.97 Å². The second-order valence-corrected chi connectivity index (χ2v) is 3.95. The average Bonchev–Trinajstić information content (AvgIpc) is 2.61. The number of hydrogen-bond donors (Lipinski definition) is 2. The van der Waals surface area contributed by atoms with Crippen LogP contribution in [0, 0.1) is 0 Å². The van der Waals surface area contributed by atoms with Crippen LogP contribution >= 0.6 is 0 Å². The second kappa shape index (κ2) is 3.92. The van der Waals surface area contributed by atoms with Crippen LogP contribution in [0.15, 0.2) is 11.0 Å². The zero-order valence-electron chi connectivity index (χ0n) is 8.40. The highest BCUT2D eigenvalue weighted by molar-refractivity contribution is 5.85. The van der Waals surface area contributed by atoms with Gasteiger partial charge in [0, 0.05) is 12.2 Å². The number of H-pyrrole nitrogens is 1. The fraction of sp³-hybridized carbons (Fsp3) is 0.600. The van der Waals surface area contributed by atoms with Crippen molar-refractivity contribution in [3.63, 3.8) is 0 Å². The van der Waals surface area contributed by atoms with E-state index in [-0.39, 0.29) is 17.4 Å². The van der Waals surface area contributed by atoms with Gasteiger partial charge in [0.05, 0.1) is 0 Å². The van der Waals surface area contributed by atoms with E-state index in [1.807, 2.05) is 0 Å². The molecular weight excluding hydrogens is 196 g/mol. The minimum absolute atomic E-state index is 0.0589. The van der Waals surface area contributed by atoms with E-state index in [0.717, 1.165) is 25.7 Å². The summed E-state index contributed by atoms with van der Waals surface area (Å²) in [7, 11) is 0. The number of imidazole rings is 1. The molecule has 15 heavy (non-hydrogen) atoms. The van der Waals surface area contributed by atoms with E-state index in [0.29, 0.717) is 0 Å². The van der Waals surface area contributed by atoms with Gasteiger partial charge in [-0.1, -0.05) is 19.3 Å². The van der Waals surface area contributed by atoms with Gasteiger partial charge >= 0.3 is 11.7 Å². The average molecular weight is 210 g/mol. The van der Waals surface area contributed by atoms with Crippen molar-refractivity contribution in [3.8, 4) is 0 Å². The van der Waals surface area contributed by atoms with Crippen LogP contribution in [0.3, 0.4) is 0 Å². The van der Waals surface area contributed by atoms with E-state index in [9.17, 15) is 9.59 Å². The predicted octanol–water partition coefficient (Wildman–Crippen LogP) is 1.38. The maximum atomic E-state index is 11.5. The van der Waals surface area contributed by atoms with Crippen molar-refractivity contribution in [2.24, 2.45) is 0 Å². The van der Waals surface area contributed by atoms with Crippen molar-refractivity contribution in [3.05, 3.63) is 22.4 Å². The molecular formula is C10H14N2O3. The van der Waals surface area contributed by atoms with E-state index >= 15 is 0 Å². The molecule has 0 radical (unpaired) electrons. The zero-order valence-corrected chi connectivity index (χ0v) is 8.40. The van der Waals surface area contributed by atoms with Gasteiger partial charge in [-0.15, -0.1) is 0 Å². The summed E-state index contributed by atoms with van der Waals surface area (Å²) >= 11 is 0. The van der Waals surface area contributed by atoms with Gasteiger partial charge in [-0.25, -0.2) is 9.59 Å². The van der Waals surface area contributed by atoms with Gasteiger partial charge in [0.2, 0.25) is 0 Å². The van der Waals surface area contributed by atoms with Gasteiger partial charge in [0.25, 0.3) is 0 Å². The molecule has 1 aromatic rings. The Morgan fingerprint density at radius 1 is 1.40 bits per heavy atom. The predicted molar refractivity (Wildman–Crippen MR) is 54.1 cm³/mol. The summed E-state index contributed by atoms with van der Waals surface area (Å²) in [5.41, 5.74) is -0.230. The van der Waals surface area contributed by atoms with Crippen LogP contribution in [0.4, 0.5) is 0 Å². The number of aromatic nitrogens is 2. The molecule has 0 aliphatic heterocycles. The van der Waals surface area contributed by atoms with Crippen LogP contribution in [-0.4, -0.2) is 20.6 Å². The molecule has 2 rings (SSSR count). The van der Waals surface area contributed by atoms with Crippen LogP contribution in [0.1, 0.15) is 48.6 Å². The second-order valence-electron chi connectivity index (χ2n) is 3.95. The molecule has 1 aliphatic rings. The molecule has 2 N–H and O–H groups in total. The smallest absolute Gasteiger partial charge is 0.354 e. The summed E-state index contributed by atoms with van der Waals surface area (Å²) in [6.07, 6.45) is 6.40. The summed E-state index contributed by atoms with van der Waals surface area (Å²) < 4.78 is 1.39. The first kappa shape index (κ1) is 10.0. The summed E-state index contributed by atoms with van der Waals surface area (Å²) in [5, 5.41) is 8.93. The van der Waals surface area contributed by atoms with E-state index in [1.54, 1.807) is 0 Å². The monoisotopic (exact) mass is 210 g/mol. The molecule has 0 saturated heterocycles. The van der Waals surface area contributed by atoms with Gasteiger partial charge in [-0.2, -0.15) is 0 Å². The number of carbonyl (C=O) groups is 1. The molecule has 0 aromatic carbocycles. The Balaban J connectivity index is 2.36. The Morgan fingerprint density at radius 3 is 2.67 bits per heavy atom. The molecule has 1 saturated carbocycles. The molecule has 1 aromatic heterocycles. The van der Waals surface area contributed by atoms with Crippen LogP contribution < -0.4 is 5.69 Å². The fourth-order valence-corrected chi connectivity index (χ4v) is 2.25. The lowest BCUT2D eigenvalue weighted by molar-refractivity contribution is 0.0680. The van der Waals surface area contributed by atoms with Gasteiger partial charge in [-0.05, 0) is 12.8 Å². The molecule has 5 heteroatoms. The molecule has 1 heterocycles. The maximum Gasteiger partial charge on any atom is 0.354 e. The SMILES string of the molecule is O=C(O)c1c[nH]c(=O)n1C1CCCCC1. The Kier molecular flexibility index (Phi) is 2.62. The fourth-order valence-electron chi connectivity index (χ4n) is 2.25. The first-order chi connectivity index (χ1) is 7.20. The lowest BCUT2D eigenvalue weighted by Gasteiger charge is -2.23. The minimum Gasteiger partial charge on any atom is -0.477 e. The van der Waals surface area contributed by atoms with Crippen LogP contribution in [0.25, 0.3) is 0 Å². The van der Waals surface area contributed by atoms with Crippen LogP contribution in [0.2, 0.25) is 0 Å². The van der Waals surface area contributed by atoms with E-state index in [1.165, 1.54) is 17.2 Å². The Labute approximate surface area is 86.7 Å².